The van der Waals surface area contributed by atoms with E-state index in [1.807, 2.05) is 19.1 Å². The molecule has 0 radical (unpaired) electrons. The number of amides is 1. The van der Waals surface area contributed by atoms with Crippen LogP contribution >= 0.6 is 23.2 Å². The second-order valence-corrected chi connectivity index (χ2v) is 5.96. The number of esters is 1. The van der Waals surface area contributed by atoms with E-state index in [4.69, 9.17) is 27.9 Å². The van der Waals surface area contributed by atoms with Gasteiger partial charge < -0.3 is 10.1 Å². The van der Waals surface area contributed by atoms with E-state index in [0.717, 1.165) is 17.7 Å². The lowest BCUT2D eigenvalue weighted by Gasteiger charge is -2.14. The van der Waals surface area contributed by atoms with Crippen LogP contribution in [0, 0.1) is 12.7 Å². The first-order chi connectivity index (χ1) is 11.3. The van der Waals surface area contributed by atoms with Gasteiger partial charge in [0.1, 0.15) is 5.82 Å². The van der Waals surface area contributed by atoms with Crippen molar-refractivity contribution in [3.63, 3.8) is 0 Å². The molecular weight excluding hydrogens is 356 g/mol. The molecule has 1 N–H and O–H groups in total. The van der Waals surface area contributed by atoms with Crippen LogP contribution in [-0.2, 0) is 9.53 Å². The summed E-state index contributed by atoms with van der Waals surface area (Å²) < 4.78 is 18.5. The average molecular weight is 370 g/mol. The summed E-state index contributed by atoms with van der Waals surface area (Å²) in [6.07, 6.45) is -1.09. The largest absolute Gasteiger partial charge is 0.449 e. The van der Waals surface area contributed by atoms with E-state index in [9.17, 15) is 14.0 Å². The Labute approximate surface area is 148 Å². The Morgan fingerprint density at radius 2 is 1.75 bits per heavy atom. The van der Waals surface area contributed by atoms with E-state index >= 15 is 0 Å². The molecule has 1 atom stereocenters. The van der Waals surface area contributed by atoms with Crippen molar-refractivity contribution in [2.24, 2.45) is 0 Å². The van der Waals surface area contributed by atoms with Crippen molar-refractivity contribution in [2.75, 3.05) is 5.32 Å². The van der Waals surface area contributed by atoms with Crippen LogP contribution in [0.1, 0.15) is 22.8 Å². The van der Waals surface area contributed by atoms with Gasteiger partial charge in [-0.05, 0) is 38.1 Å². The Kier molecular flexibility index (Phi) is 5.80. The summed E-state index contributed by atoms with van der Waals surface area (Å²) in [5.74, 6) is -2.23. The molecule has 126 valence electrons. The van der Waals surface area contributed by atoms with E-state index < -0.39 is 23.8 Å². The molecule has 0 spiro atoms. The minimum Gasteiger partial charge on any atom is -0.449 e. The second-order valence-electron chi connectivity index (χ2n) is 5.15. The quantitative estimate of drug-likeness (QED) is 0.631. The third-order valence-corrected chi connectivity index (χ3v) is 3.80. The Bertz CT molecular complexity index is 778. The number of hydrogen-bond donors (Lipinski definition) is 1. The van der Waals surface area contributed by atoms with Crippen LogP contribution in [0.15, 0.2) is 36.4 Å². The maximum Gasteiger partial charge on any atom is 0.340 e. The summed E-state index contributed by atoms with van der Waals surface area (Å²) >= 11 is 11.4. The number of rotatable bonds is 4. The molecule has 1 amide bonds. The van der Waals surface area contributed by atoms with Gasteiger partial charge in [-0.3, -0.25) is 4.79 Å². The molecule has 0 saturated heterocycles. The van der Waals surface area contributed by atoms with E-state index in [2.05, 4.69) is 5.32 Å². The number of aryl methyl sites for hydroxylation is 1. The summed E-state index contributed by atoms with van der Waals surface area (Å²) in [6.45, 7) is 3.33. The fourth-order valence-corrected chi connectivity index (χ4v) is 2.30. The van der Waals surface area contributed by atoms with Crippen molar-refractivity contribution >= 4 is 40.8 Å². The maximum atomic E-state index is 13.5. The lowest BCUT2D eigenvalue weighted by Crippen LogP contribution is -2.30. The van der Waals surface area contributed by atoms with Crippen molar-refractivity contribution in [3.8, 4) is 0 Å². The number of anilines is 1. The zero-order valence-electron chi connectivity index (χ0n) is 12.9. The van der Waals surface area contributed by atoms with Crippen molar-refractivity contribution in [1.29, 1.82) is 0 Å². The van der Waals surface area contributed by atoms with E-state index in [1.54, 1.807) is 12.1 Å². The average Bonchev–Trinajstić information content (AvgIpc) is 2.52. The van der Waals surface area contributed by atoms with Gasteiger partial charge in [-0.2, -0.15) is 0 Å². The summed E-state index contributed by atoms with van der Waals surface area (Å²) in [5, 5.41) is 2.35. The number of carbonyl (C=O) groups excluding carboxylic acids is 2. The predicted octanol–water partition coefficient (Wildman–Crippen LogP) is 4.62. The van der Waals surface area contributed by atoms with Crippen molar-refractivity contribution in [1.82, 2.24) is 0 Å². The van der Waals surface area contributed by atoms with Crippen LogP contribution in [0.25, 0.3) is 0 Å². The van der Waals surface area contributed by atoms with Crippen LogP contribution in [0.4, 0.5) is 10.1 Å². The van der Waals surface area contributed by atoms with Crippen molar-refractivity contribution < 1.29 is 18.7 Å². The molecule has 0 heterocycles. The lowest BCUT2D eigenvalue weighted by atomic mass is 10.2. The summed E-state index contributed by atoms with van der Waals surface area (Å²) in [4.78, 5) is 24.1. The molecule has 2 aromatic carbocycles. The molecule has 4 nitrogen and oxygen atoms in total. The topological polar surface area (TPSA) is 55.4 Å². The van der Waals surface area contributed by atoms with E-state index in [-0.39, 0.29) is 15.6 Å². The van der Waals surface area contributed by atoms with Gasteiger partial charge in [0.05, 0.1) is 15.6 Å². The minimum absolute atomic E-state index is 0.0578. The third kappa shape index (κ3) is 4.46. The van der Waals surface area contributed by atoms with Crippen LogP contribution in [0.3, 0.4) is 0 Å². The highest BCUT2D eigenvalue weighted by molar-refractivity contribution is 6.36. The van der Waals surface area contributed by atoms with Crippen LogP contribution in [0.2, 0.25) is 10.0 Å². The van der Waals surface area contributed by atoms with Crippen LogP contribution in [-0.4, -0.2) is 18.0 Å². The summed E-state index contributed by atoms with van der Waals surface area (Å²) in [5.41, 5.74) is 1.42. The number of halogens is 3. The second kappa shape index (κ2) is 7.64. The molecule has 0 aliphatic rings. The molecule has 0 bridgehead atoms. The fraction of sp³-hybridized carbons (Fsp3) is 0.176. The van der Waals surface area contributed by atoms with Gasteiger partial charge in [-0.15, -0.1) is 0 Å². The summed E-state index contributed by atoms with van der Waals surface area (Å²) in [7, 11) is 0. The monoisotopic (exact) mass is 369 g/mol. The van der Waals surface area contributed by atoms with E-state index in [0.29, 0.717) is 5.69 Å². The standard InChI is InChI=1S/C17H14Cl2FNO3/c1-9-3-5-11(6-4-9)21-16(22)10(2)24-17(23)12-7-15(20)14(19)8-13(12)18/h3-8,10H,1-2H3,(H,21,22)/t10-/m0/s1. The van der Waals surface area contributed by atoms with Crippen LogP contribution < -0.4 is 5.32 Å². The Hall–Kier alpha value is -2.11. The van der Waals surface area contributed by atoms with E-state index in [1.165, 1.54) is 6.92 Å². The SMILES string of the molecule is Cc1ccc(NC(=O)[C@H](C)OC(=O)c2cc(F)c(Cl)cc2Cl)cc1. The molecule has 0 aliphatic carbocycles. The molecule has 7 heteroatoms. The lowest BCUT2D eigenvalue weighted by molar-refractivity contribution is -0.123. The minimum atomic E-state index is -1.09. The van der Waals surface area contributed by atoms with Crippen molar-refractivity contribution in [2.45, 2.75) is 20.0 Å². The summed E-state index contributed by atoms with van der Waals surface area (Å²) in [6, 6.07) is 9.11. The van der Waals surface area contributed by atoms with Gasteiger partial charge in [-0.25, -0.2) is 9.18 Å². The first kappa shape index (κ1) is 18.2. The molecule has 2 aromatic rings. The smallest absolute Gasteiger partial charge is 0.340 e. The number of benzene rings is 2. The molecule has 0 aliphatic heterocycles. The molecule has 0 saturated carbocycles. The first-order valence-corrected chi connectivity index (χ1v) is 7.76. The Balaban J connectivity index is 2.04. The molecule has 24 heavy (non-hydrogen) atoms. The molecular formula is C17H14Cl2FNO3. The van der Waals surface area contributed by atoms with Crippen molar-refractivity contribution in [3.05, 3.63) is 63.4 Å². The maximum absolute atomic E-state index is 13.5. The highest BCUT2D eigenvalue weighted by Crippen LogP contribution is 2.25. The van der Waals surface area contributed by atoms with Gasteiger partial charge in [0, 0.05) is 5.69 Å². The van der Waals surface area contributed by atoms with Gasteiger partial charge in [0.2, 0.25) is 0 Å². The molecule has 0 fully saturated rings. The number of hydrogen-bond acceptors (Lipinski definition) is 3. The molecule has 0 unspecified atom stereocenters. The zero-order valence-corrected chi connectivity index (χ0v) is 14.4. The highest BCUT2D eigenvalue weighted by Gasteiger charge is 2.22. The number of nitrogens with one attached hydrogen (secondary N) is 1. The third-order valence-electron chi connectivity index (χ3n) is 3.20. The predicted molar refractivity (Wildman–Crippen MR) is 91.1 cm³/mol. The first-order valence-electron chi connectivity index (χ1n) is 7.01. The van der Waals surface area contributed by atoms with Gasteiger partial charge in [-0.1, -0.05) is 40.9 Å². The van der Waals surface area contributed by atoms with Gasteiger partial charge in [0.15, 0.2) is 6.10 Å². The van der Waals surface area contributed by atoms with Gasteiger partial charge >= 0.3 is 5.97 Å². The number of ether oxygens (including phenoxy) is 1. The molecule has 2 rings (SSSR count). The fourth-order valence-electron chi connectivity index (χ4n) is 1.84. The zero-order chi connectivity index (χ0) is 17.9. The van der Waals surface area contributed by atoms with Crippen LogP contribution in [0.5, 0.6) is 0 Å². The number of carbonyl (C=O) groups is 2. The Morgan fingerprint density at radius 1 is 1.12 bits per heavy atom. The van der Waals surface area contributed by atoms with Gasteiger partial charge in [0.25, 0.3) is 5.91 Å². The highest BCUT2D eigenvalue weighted by atomic mass is 35.5. The normalized spacial score (nSPS) is 11.7. The Morgan fingerprint density at radius 3 is 2.38 bits per heavy atom. The molecule has 0 aromatic heterocycles.